The number of ether oxygens (including phenoxy) is 1. The topological polar surface area (TPSA) is 70.6 Å². The molecule has 1 aliphatic rings. The molecule has 0 radical (unpaired) electrons. The summed E-state index contributed by atoms with van der Waals surface area (Å²) in [5, 5.41) is 9.20. The largest absolute Gasteiger partial charge is 0.491 e. The summed E-state index contributed by atoms with van der Waals surface area (Å²) in [5.74, 6) is 0.629. The highest BCUT2D eigenvalue weighted by molar-refractivity contribution is 6.32. The van der Waals surface area contributed by atoms with Crippen molar-refractivity contribution < 1.29 is 14.6 Å². The molecule has 1 amide bonds. The summed E-state index contributed by atoms with van der Waals surface area (Å²) in [5.41, 5.74) is 7.07. The van der Waals surface area contributed by atoms with Gasteiger partial charge < -0.3 is 9.84 Å². The van der Waals surface area contributed by atoms with Crippen LogP contribution in [0.15, 0.2) is 6.07 Å². The molecule has 16 heavy (non-hydrogen) atoms. The van der Waals surface area contributed by atoms with Gasteiger partial charge in [-0.05, 0) is 18.6 Å². The van der Waals surface area contributed by atoms with Crippen molar-refractivity contribution in [3.8, 4) is 5.75 Å². The number of anilines is 1. The summed E-state index contributed by atoms with van der Waals surface area (Å²) < 4.78 is 5.42. The molecule has 0 atom stereocenters. The van der Waals surface area contributed by atoms with Gasteiger partial charge >= 0.3 is 6.09 Å². The van der Waals surface area contributed by atoms with Gasteiger partial charge in [0, 0.05) is 12.0 Å². The first-order valence-corrected chi connectivity index (χ1v) is 5.17. The molecule has 0 saturated heterocycles. The second-order valence-electron chi connectivity index (χ2n) is 3.52. The van der Waals surface area contributed by atoms with Crippen LogP contribution >= 0.6 is 11.6 Å². The van der Waals surface area contributed by atoms with Crippen LogP contribution in [0.1, 0.15) is 11.1 Å². The number of benzene rings is 1. The van der Waals surface area contributed by atoms with Gasteiger partial charge in [0.2, 0.25) is 0 Å². The monoisotopic (exact) mass is 242 g/mol. The lowest BCUT2D eigenvalue weighted by molar-refractivity contribution is 0.197. The Morgan fingerprint density at radius 2 is 2.38 bits per heavy atom. The van der Waals surface area contributed by atoms with Crippen LogP contribution < -0.4 is 15.6 Å². The summed E-state index contributed by atoms with van der Waals surface area (Å²) in [6.45, 7) is 2.44. The number of nitrogens with one attached hydrogen (secondary N) is 2. The van der Waals surface area contributed by atoms with Crippen molar-refractivity contribution in [2.45, 2.75) is 13.3 Å². The van der Waals surface area contributed by atoms with Crippen molar-refractivity contribution in [2.24, 2.45) is 0 Å². The fraction of sp³-hybridized carbons (Fsp3) is 0.300. The van der Waals surface area contributed by atoms with Gasteiger partial charge in [0.15, 0.2) is 0 Å². The number of halogens is 1. The maximum atomic E-state index is 10.4. The molecular weight excluding hydrogens is 232 g/mol. The van der Waals surface area contributed by atoms with E-state index in [0.717, 1.165) is 17.5 Å². The van der Waals surface area contributed by atoms with Crippen LogP contribution in [0.5, 0.6) is 5.75 Å². The van der Waals surface area contributed by atoms with Gasteiger partial charge in [-0.15, -0.1) is 0 Å². The molecule has 2 rings (SSSR count). The average molecular weight is 243 g/mol. The lowest BCUT2D eigenvalue weighted by Crippen LogP contribution is -2.27. The number of carboxylic acid groups (broad SMARTS) is 1. The number of hydrazine groups is 1. The Balaban J connectivity index is 2.35. The first kappa shape index (κ1) is 10.9. The van der Waals surface area contributed by atoms with Crippen LogP contribution in [0.3, 0.4) is 0 Å². The number of carbonyl (C=O) groups is 1. The van der Waals surface area contributed by atoms with Crippen LogP contribution in [0.25, 0.3) is 0 Å². The number of aryl methyl sites for hydroxylation is 1. The summed E-state index contributed by atoms with van der Waals surface area (Å²) in [7, 11) is 0. The minimum Gasteiger partial charge on any atom is -0.491 e. The minimum atomic E-state index is -1.15. The van der Waals surface area contributed by atoms with E-state index in [1.807, 2.05) is 6.92 Å². The third-order valence-corrected chi connectivity index (χ3v) is 2.92. The highest BCUT2D eigenvalue weighted by atomic mass is 35.5. The number of amides is 1. The maximum Gasteiger partial charge on any atom is 0.423 e. The van der Waals surface area contributed by atoms with Gasteiger partial charge in [-0.25, -0.2) is 10.2 Å². The van der Waals surface area contributed by atoms with E-state index in [1.54, 1.807) is 6.07 Å². The third kappa shape index (κ3) is 1.86. The Kier molecular flexibility index (Phi) is 2.78. The summed E-state index contributed by atoms with van der Waals surface area (Å²) >= 11 is 6.13. The molecule has 5 nitrogen and oxygen atoms in total. The molecule has 0 saturated carbocycles. The molecule has 6 heteroatoms. The van der Waals surface area contributed by atoms with Crippen molar-refractivity contribution in [1.82, 2.24) is 5.43 Å². The molecule has 0 spiro atoms. The third-order valence-electron chi connectivity index (χ3n) is 2.39. The molecule has 3 N–H and O–H groups in total. The van der Waals surface area contributed by atoms with E-state index in [9.17, 15) is 4.79 Å². The Morgan fingerprint density at radius 3 is 3.06 bits per heavy atom. The summed E-state index contributed by atoms with van der Waals surface area (Å²) in [6.07, 6.45) is -0.406. The van der Waals surface area contributed by atoms with Gasteiger partial charge in [0.25, 0.3) is 0 Å². The number of hydrogen-bond donors (Lipinski definition) is 3. The molecule has 0 unspecified atom stereocenters. The Hall–Kier alpha value is -1.62. The van der Waals surface area contributed by atoms with Crippen LogP contribution in [0.4, 0.5) is 10.5 Å². The number of hydrogen-bond acceptors (Lipinski definition) is 3. The molecule has 0 aromatic heterocycles. The van der Waals surface area contributed by atoms with E-state index in [2.05, 4.69) is 10.9 Å². The second kappa shape index (κ2) is 4.09. The molecule has 86 valence electrons. The van der Waals surface area contributed by atoms with Crippen molar-refractivity contribution >= 4 is 23.4 Å². The van der Waals surface area contributed by atoms with Crippen LogP contribution in [-0.4, -0.2) is 17.8 Å². The Morgan fingerprint density at radius 1 is 1.62 bits per heavy atom. The average Bonchev–Trinajstić information content (AvgIpc) is 2.70. The fourth-order valence-electron chi connectivity index (χ4n) is 1.70. The van der Waals surface area contributed by atoms with Gasteiger partial charge in [-0.2, -0.15) is 0 Å². The normalized spacial score (nSPS) is 12.9. The molecule has 0 fully saturated rings. The lowest BCUT2D eigenvalue weighted by atomic mass is 10.1. The first-order chi connectivity index (χ1) is 7.59. The Labute approximate surface area is 97.3 Å². The van der Waals surface area contributed by atoms with Crippen LogP contribution in [0, 0.1) is 6.92 Å². The molecule has 1 aliphatic heterocycles. The number of rotatable bonds is 2. The molecule has 1 aromatic rings. The molecule has 0 bridgehead atoms. The maximum absolute atomic E-state index is 10.4. The smallest absolute Gasteiger partial charge is 0.423 e. The first-order valence-electron chi connectivity index (χ1n) is 4.79. The van der Waals surface area contributed by atoms with E-state index >= 15 is 0 Å². The molecule has 1 heterocycles. The molecule has 1 aromatic carbocycles. The standard InChI is InChI=1S/C10H11ClN2O3/c1-5-4-7(12-13-10(14)15)9-6(8(5)11)2-3-16-9/h4,12-13H,2-3H2,1H3,(H,14,15). The van der Waals surface area contributed by atoms with E-state index in [0.29, 0.717) is 23.1 Å². The van der Waals surface area contributed by atoms with Crippen LogP contribution in [0.2, 0.25) is 5.02 Å². The van der Waals surface area contributed by atoms with Crippen LogP contribution in [-0.2, 0) is 6.42 Å². The highest BCUT2D eigenvalue weighted by Crippen LogP contribution is 2.40. The van der Waals surface area contributed by atoms with Gasteiger partial charge in [-0.1, -0.05) is 11.6 Å². The lowest BCUT2D eigenvalue weighted by Gasteiger charge is -2.12. The molecule has 0 aliphatic carbocycles. The minimum absolute atomic E-state index is 0.570. The van der Waals surface area contributed by atoms with Crippen molar-refractivity contribution in [1.29, 1.82) is 0 Å². The zero-order valence-electron chi connectivity index (χ0n) is 8.63. The van der Waals surface area contributed by atoms with E-state index in [4.69, 9.17) is 21.4 Å². The predicted octanol–water partition coefficient (Wildman–Crippen LogP) is 2.18. The van der Waals surface area contributed by atoms with Crippen molar-refractivity contribution in [3.05, 3.63) is 22.2 Å². The fourth-order valence-corrected chi connectivity index (χ4v) is 1.94. The summed E-state index contributed by atoms with van der Waals surface area (Å²) in [6, 6.07) is 1.75. The van der Waals surface area contributed by atoms with E-state index in [1.165, 1.54) is 0 Å². The zero-order chi connectivity index (χ0) is 11.7. The Bertz CT molecular complexity index is 448. The zero-order valence-corrected chi connectivity index (χ0v) is 9.39. The molecular formula is C10H11ClN2O3. The SMILES string of the molecule is Cc1cc(NNC(=O)O)c2c(c1Cl)CCO2. The van der Waals surface area contributed by atoms with Gasteiger partial charge in [0.05, 0.1) is 17.3 Å². The quantitative estimate of drug-likeness (QED) is 0.695. The van der Waals surface area contributed by atoms with Gasteiger partial charge in [-0.3, -0.25) is 5.43 Å². The van der Waals surface area contributed by atoms with Crippen molar-refractivity contribution in [2.75, 3.05) is 12.0 Å². The van der Waals surface area contributed by atoms with Crippen molar-refractivity contribution in [3.63, 3.8) is 0 Å². The van der Waals surface area contributed by atoms with Gasteiger partial charge in [0.1, 0.15) is 5.75 Å². The predicted molar refractivity (Wildman–Crippen MR) is 60.2 cm³/mol. The van der Waals surface area contributed by atoms with E-state index in [-0.39, 0.29) is 0 Å². The second-order valence-corrected chi connectivity index (χ2v) is 3.89. The highest BCUT2D eigenvalue weighted by Gasteiger charge is 2.21. The number of fused-ring (bicyclic) bond motifs is 1. The summed E-state index contributed by atoms with van der Waals surface area (Å²) in [4.78, 5) is 10.4. The van der Waals surface area contributed by atoms with E-state index < -0.39 is 6.09 Å².